The Balaban J connectivity index is 1.72. The van der Waals surface area contributed by atoms with Crippen LogP contribution in [0.3, 0.4) is 0 Å². The highest BCUT2D eigenvalue weighted by Gasteiger charge is 2.40. The topological polar surface area (TPSA) is 104 Å². The molecule has 0 N–H and O–H groups in total. The van der Waals surface area contributed by atoms with Gasteiger partial charge in [-0.1, -0.05) is 37.3 Å². The highest BCUT2D eigenvalue weighted by atomic mass is 32.1. The van der Waals surface area contributed by atoms with Crippen LogP contribution in [0.5, 0.6) is 5.75 Å². The number of ether oxygens (including phenoxy) is 1. The number of hydrogen-bond acceptors (Lipinski definition) is 7. The van der Waals surface area contributed by atoms with E-state index in [-0.39, 0.29) is 22.4 Å². The molecular weight excluding hydrogens is 466 g/mol. The molecule has 1 atom stereocenters. The highest BCUT2D eigenvalue weighted by Crippen LogP contribution is 2.43. The molecule has 2 heterocycles. The van der Waals surface area contributed by atoms with Crippen LogP contribution in [0.1, 0.15) is 43.9 Å². The molecule has 1 aromatic heterocycles. The highest BCUT2D eigenvalue weighted by molar-refractivity contribution is 7.07. The molecule has 35 heavy (non-hydrogen) atoms. The summed E-state index contributed by atoms with van der Waals surface area (Å²) in [5, 5.41) is 11.2. The van der Waals surface area contributed by atoms with Crippen LogP contribution in [0.25, 0.3) is 6.08 Å². The summed E-state index contributed by atoms with van der Waals surface area (Å²) in [7, 11) is 1.59. The molecule has 178 valence electrons. The van der Waals surface area contributed by atoms with Crippen molar-refractivity contribution in [3.05, 3.63) is 101 Å². The van der Waals surface area contributed by atoms with E-state index in [2.05, 4.69) is 0 Å². The predicted molar refractivity (Wildman–Crippen MR) is 132 cm³/mol. The Kier molecular flexibility index (Phi) is 5.52. The smallest absolute Gasteiger partial charge is 0.271 e. The van der Waals surface area contributed by atoms with Gasteiger partial charge in [-0.2, -0.15) is 0 Å². The van der Waals surface area contributed by atoms with Crippen molar-refractivity contribution in [3.8, 4) is 5.75 Å². The van der Waals surface area contributed by atoms with Crippen molar-refractivity contribution < 1.29 is 14.5 Å². The van der Waals surface area contributed by atoms with Gasteiger partial charge in [0.2, 0.25) is 0 Å². The van der Waals surface area contributed by atoms with Crippen molar-refractivity contribution >= 4 is 28.9 Å². The first kappa shape index (κ1) is 22.9. The van der Waals surface area contributed by atoms with Gasteiger partial charge in [0.05, 0.1) is 28.3 Å². The first-order chi connectivity index (χ1) is 16.7. The zero-order chi connectivity index (χ0) is 24.9. The molecule has 3 aromatic rings. The molecule has 1 aliphatic carbocycles. The second-order valence-electron chi connectivity index (χ2n) is 9.51. The molecule has 0 bridgehead atoms. The number of carbonyl (C=O) groups is 1. The summed E-state index contributed by atoms with van der Waals surface area (Å²) in [6.07, 6.45) is 2.76. The Labute approximate surface area is 204 Å². The Hall–Kier alpha value is -3.85. The van der Waals surface area contributed by atoms with Gasteiger partial charge in [-0.15, -0.1) is 0 Å². The summed E-state index contributed by atoms with van der Waals surface area (Å²) in [6, 6.07) is 12.7. The fourth-order valence-electron chi connectivity index (χ4n) is 4.69. The van der Waals surface area contributed by atoms with E-state index < -0.39 is 11.0 Å². The van der Waals surface area contributed by atoms with Crippen molar-refractivity contribution in [3.63, 3.8) is 0 Å². The molecule has 0 radical (unpaired) electrons. The van der Waals surface area contributed by atoms with Gasteiger partial charge in [-0.3, -0.25) is 24.3 Å². The van der Waals surface area contributed by atoms with Gasteiger partial charge in [-0.25, -0.2) is 4.99 Å². The van der Waals surface area contributed by atoms with Crippen molar-refractivity contribution in [1.82, 2.24) is 4.57 Å². The summed E-state index contributed by atoms with van der Waals surface area (Å²) in [5.41, 5.74) is 2.13. The van der Waals surface area contributed by atoms with E-state index in [0.717, 1.165) is 11.3 Å². The third-order valence-corrected chi connectivity index (χ3v) is 7.31. The van der Waals surface area contributed by atoms with Gasteiger partial charge < -0.3 is 4.74 Å². The van der Waals surface area contributed by atoms with E-state index >= 15 is 0 Å². The lowest BCUT2D eigenvalue weighted by Crippen LogP contribution is -2.42. The molecule has 5 rings (SSSR count). The number of ketones is 1. The summed E-state index contributed by atoms with van der Waals surface area (Å²) < 4.78 is 7.25. The lowest BCUT2D eigenvalue weighted by molar-refractivity contribution is -0.384. The average molecular weight is 490 g/mol. The van der Waals surface area contributed by atoms with Crippen molar-refractivity contribution in [2.24, 2.45) is 10.4 Å². The number of nitro groups is 1. The minimum atomic E-state index is -0.677. The van der Waals surface area contributed by atoms with E-state index in [1.165, 1.54) is 23.5 Å². The molecule has 0 spiro atoms. The number of rotatable bonds is 4. The lowest BCUT2D eigenvalue weighted by Gasteiger charge is -2.35. The van der Waals surface area contributed by atoms with E-state index in [4.69, 9.17) is 9.73 Å². The van der Waals surface area contributed by atoms with E-state index in [1.54, 1.807) is 29.9 Å². The molecular formula is C26H23N3O5S. The number of nitro benzene ring substituents is 1. The number of carbonyl (C=O) groups excluding carboxylic acids is 1. The normalized spacial score (nSPS) is 19.1. The Morgan fingerprint density at radius 1 is 1.11 bits per heavy atom. The average Bonchev–Trinajstić information content (AvgIpc) is 3.12. The first-order valence-electron chi connectivity index (χ1n) is 11.1. The number of hydrogen-bond donors (Lipinski definition) is 0. The lowest BCUT2D eigenvalue weighted by atomic mass is 9.73. The molecule has 2 aliphatic rings. The molecule has 1 aliphatic heterocycles. The van der Waals surface area contributed by atoms with Crippen molar-refractivity contribution in [1.29, 1.82) is 0 Å². The van der Waals surface area contributed by atoms with Crippen LogP contribution in [0.2, 0.25) is 0 Å². The maximum atomic E-state index is 13.6. The van der Waals surface area contributed by atoms with E-state index in [9.17, 15) is 19.7 Å². The third kappa shape index (κ3) is 4.12. The van der Waals surface area contributed by atoms with Crippen LogP contribution in [0.15, 0.2) is 69.6 Å². The number of nitrogens with zero attached hydrogens (tertiary/aromatic N) is 3. The molecule has 0 fully saturated rings. The van der Waals surface area contributed by atoms with Gasteiger partial charge in [0.25, 0.3) is 11.2 Å². The quantitative estimate of drug-likeness (QED) is 0.412. The maximum absolute atomic E-state index is 13.6. The van der Waals surface area contributed by atoms with Crippen LogP contribution in [0, 0.1) is 15.5 Å². The van der Waals surface area contributed by atoms with Gasteiger partial charge in [0.15, 0.2) is 10.6 Å². The Bertz CT molecular complexity index is 1560. The Morgan fingerprint density at radius 3 is 2.43 bits per heavy atom. The number of non-ortho nitro benzene ring substituents is 1. The number of aromatic nitrogens is 1. The fraction of sp³-hybridized carbons (Fsp3) is 0.269. The molecule has 0 saturated carbocycles. The van der Waals surface area contributed by atoms with Crippen LogP contribution < -0.4 is 19.6 Å². The summed E-state index contributed by atoms with van der Waals surface area (Å²) in [4.78, 5) is 42.9. The molecule has 8 nitrogen and oxygen atoms in total. The predicted octanol–water partition coefficient (Wildman–Crippen LogP) is 3.52. The SMILES string of the molecule is COc1ccc(C=c2sc3n(c2=O)C(c2ccc([N+](=O)[O-])cc2)C2=C(CC(C)(C)CC2=O)N=3)cc1. The Morgan fingerprint density at radius 2 is 1.80 bits per heavy atom. The number of Topliss-reactive ketones (excluding diaryl/α,β-unsaturated/α-hetero) is 1. The van der Waals surface area contributed by atoms with Crippen LogP contribution in [0.4, 0.5) is 5.69 Å². The van der Waals surface area contributed by atoms with E-state index in [0.29, 0.717) is 39.0 Å². The third-order valence-electron chi connectivity index (χ3n) is 6.33. The summed E-state index contributed by atoms with van der Waals surface area (Å²) >= 11 is 1.27. The second-order valence-corrected chi connectivity index (χ2v) is 10.5. The van der Waals surface area contributed by atoms with Gasteiger partial charge in [-0.05, 0) is 53.3 Å². The zero-order valence-corrected chi connectivity index (χ0v) is 20.3. The molecule has 9 heteroatoms. The number of fused-ring (bicyclic) bond motifs is 1. The minimum absolute atomic E-state index is 0.0483. The second kappa shape index (κ2) is 8.42. The van der Waals surface area contributed by atoms with Crippen LogP contribution >= 0.6 is 11.3 Å². The number of allylic oxidation sites excluding steroid dienone is 2. The van der Waals surface area contributed by atoms with Crippen LogP contribution in [-0.2, 0) is 4.79 Å². The standard InChI is InChI=1S/C26H23N3O5S/c1-26(2)13-19-22(20(30)14-26)23(16-6-8-17(9-7-16)29(32)33)28-24(31)21(35-25(28)27-19)12-15-4-10-18(34-3)11-5-15/h4-12,23H,13-14H2,1-3H3. The van der Waals surface area contributed by atoms with Crippen molar-refractivity contribution in [2.45, 2.75) is 32.7 Å². The molecule has 1 unspecified atom stereocenters. The summed E-state index contributed by atoms with van der Waals surface area (Å²) in [6.45, 7) is 4.06. The van der Waals surface area contributed by atoms with E-state index in [1.807, 2.05) is 38.1 Å². The molecule has 2 aromatic carbocycles. The van der Waals surface area contributed by atoms with Gasteiger partial charge in [0, 0.05) is 24.1 Å². The largest absolute Gasteiger partial charge is 0.497 e. The zero-order valence-electron chi connectivity index (χ0n) is 19.5. The van der Waals surface area contributed by atoms with Crippen LogP contribution in [-0.4, -0.2) is 22.4 Å². The molecule has 0 amide bonds. The van der Waals surface area contributed by atoms with Gasteiger partial charge in [0.1, 0.15) is 5.75 Å². The fourth-order valence-corrected chi connectivity index (χ4v) is 5.71. The van der Waals surface area contributed by atoms with Gasteiger partial charge >= 0.3 is 0 Å². The first-order valence-corrected chi connectivity index (χ1v) is 11.9. The molecule has 0 saturated heterocycles. The maximum Gasteiger partial charge on any atom is 0.271 e. The summed E-state index contributed by atoms with van der Waals surface area (Å²) in [5.74, 6) is 0.670. The minimum Gasteiger partial charge on any atom is -0.497 e. The number of benzene rings is 2. The number of methoxy groups -OCH3 is 1. The number of thiazole rings is 1. The monoisotopic (exact) mass is 489 g/mol. The van der Waals surface area contributed by atoms with Crippen molar-refractivity contribution in [2.75, 3.05) is 7.11 Å².